The van der Waals surface area contributed by atoms with Crippen LogP contribution in [0.3, 0.4) is 0 Å². The lowest BCUT2D eigenvalue weighted by atomic mass is 9.97. The second-order valence-corrected chi connectivity index (χ2v) is 5.39. The number of hydrogen-bond donors (Lipinski definition) is 2. The average molecular weight is 318 g/mol. The molecule has 1 aromatic heterocycles. The minimum Gasteiger partial charge on any atom is -0.507 e. The van der Waals surface area contributed by atoms with Gasteiger partial charge in [0.25, 0.3) is 0 Å². The second-order valence-electron chi connectivity index (χ2n) is 5.39. The summed E-state index contributed by atoms with van der Waals surface area (Å²) in [5, 5.41) is 24.0. The number of phenols is 1. The van der Waals surface area contributed by atoms with Gasteiger partial charge < -0.3 is 9.84 Å². The molecule has 0 bridgehead atoms. The zero-order valence-corrected chi connectivity index (χ0v) is 13.5. The smallest absolute Gasteiger partial charge is 0.174 e. The van der Waals surface area contributed by atoms with Gasteiger partial charge in [-0.3, -0.25) is 4.79 Å². The van der Waals surface area contributed by atoms with E-state index in [0.717, 1.165) is 24.0 Å². The van der Waals surface area contributed by atoms with Gasteiger partial charge in [0.15, 0.2) is 11.6 Å². The molecule has 0 aliphatic carbocycles. The quantitative estimate of drug-likeness (QED) is 0.543. The summed E-state index contributed by atoms with van der Waals surface area (Å²) >= 11 is 0. The molecular formula is C16H22N4O3. The van der Waals surface area contributed by atoms with E-state index in [1.54, 1.807) is 6.07 Å². The summed E-state index contributed by atoms with van der Waals surface area (Å²) in [6.07, 6.45) is 3.10. The first-order valence-corrected chi connectivity index (χ1v) is 7.78. The zero-order chi connectivity index (χ0) is 16.7. The van der Waals surface area contributed by atoms with Crippen LogP contribution in [-0.4, -0.2) is 38.1 Å². The Hall–Kier alpha value is -2.28. The van der Waals surface area contributed by atoms with E-state index in [9.17, 15) is 9.90 Å². The van der Waals surface area contributed by atoms with E-state index < -0.39 is 0 Å². The molecular weight excluding hydrogens is 296 g/mol. The fraction of sp³-hybridized carbons (Fsp3) is 0.500. The third-order valence-electron chi connectivity index (χ3n) is 3.59. The summed E-state index contributed by atoms with van der Waals surface area (Å²) in [7, 11) is 0. The van der Waals surface area contributed by atoms with Gasteiger partial charge in [-0.25, -0.2) is 0 Å². The molecule has 23 heavy (non-hydrogen) atoms. The van der Waals surface area contributed by atoms with Crippen molar-refractivity contribution in [3.63, 3.8) is 0 Å². The van der Waals surface area contributed by atoms with E-state index in [-0.39, 0.29) is 11.5 Å². The van der Waals surface area contributed by atoms with Crippen LogP contribution in [-0.2, 0) is 24.2 Å². The van der Waals surface area contributed by atoms with Crippen molar-refractivity contribution < 1.29 is 14.6 Å². The van der Waals surface area contributed by atoms with Crippen LogP contribution in [0.1, 0.15) is 54.0 Å². The van der Waals surface area contributed by atoms with Crippen LogP contribution in [0.2, 0.25) is 0 Å². The predicted octanol–water partition coefficient (Wildman–Crippen LogP) is 2.21. The standard InChI is InChI=1S/C16H22N4O3/c1-3-5-14-12(7-8-13(11(2)21)16(14)22)10-23-9-4-6-15-17-19-20-18-15/h7-8,22H,3-6,9-10H2,1-2H3,(H,17,18,19,20). The number of carbonyl (C=O) groups excluding carboxylic acids is 1. The monoisotopic (exact) mass is 318 g/mol. The van der Waals surface area contributed by atoms with Gasteiger partial charge in [-0.05, 0) is 31.4 Å². The largest absolute Gasteiger partial charge is 0.507 e. The molecule has 0 saturated carbocycles. The Bertz CT molecular complexity index is 641. The van der Waals surface area contributed by atoms with E-state index >= 15 is 0 Å². The highest BCUT2D eigenvalue weighted by Crippen LogP contribution is 2.28. The van der Waals surface area contributed by atoms with Crippen molar-refractivity contribution in [2.45, 2.75) is 46.1 Å². The Kier molecular flexibility index (Phi) is 6.22. The van der Waals surface area contributed by atoms with Gasteiger partial charge in [-0.15, -0.1) is 10.2 Å². The Morgan fingerprint density at radius 1 is 1.35 bits per heavy atom. The van der Waals surface area contributed by atoms with Crippen molar-refractivity contribution in [1.29, 1.82) is 0 Å². The topological polar surface area (TPSA) is 101 Å². The van der Waals surface area contributed by atoms with Crippen molar-refractivity contribution in [2.24, 2.45) is 0 Å². The van der Waals surface area contributed by atoms with Gasteiger partial charge in [0.1, 0.15) is 5.75 Å². The van der Waals surface area contributed by atoms with Crippen molar-refractivity contribution in [1.82, 2.24) is 20.6 Å². The SMILES string of the molecule is CCCc1c(COCCCc2nn[nH]n2)ccc(C(C)=O)c1O. The van der Waals surface area contributed by atoms with Crippen molar-refractivity contribution in [3.8, 4) is 5.75 Å². The van der Waals surface area contributed by atoms with E-state index in [0.29, 0.717) is 37.4 Å². The highest BCUT2D eigenvalue weighted by Gasteiger charge is 2.14. The second kappa shape index (κ2) is 8.38. The van der Waals surface area contributed by atoms with Crippen LogP contribution in [0.15, 0.2) is 12.1 Å². The summed E-state index contributed by atoms with van der Waals surface area (Å²) < 4.78 is 5.68. The van der Waals surface area contributed by atoms with Gasteiger partial charge in [-0.2, -0.15) is 5.21 Å². The summed E-state index contributed by atoms with van der Waals surface area (Å²) in [6.45, 7) is 4.47. The lowest BCUT2D eigenvalue weighted by molar-refractivity contribution is 0.101. The number of aryl methyl sites for hydroxylation is 1. The molecule has 0 aliphatic heterocycles. The number of H-pyrrole nitrogens is 1. The number of aromatic amines is 1. The van der Waals surface area contributed by atoms with Crippen molar-refractivity contribution in [3.05, 3.63) is 34.6 Å². The first kappa shape index (κ1) is 17.1. The molecule has 0 atom stereocenters. The van der Waals surface area contributed by atoms with Crippen LogP contribution in [0, 0.1) is 0 Å². The molecule has 2 N–H and O–H groups in total. The number of ether oxygens (including phenoxy) is 1. The van der Waals surface area contributed by atoms with E-state index in [4.69, 9.17) is 4.74 Å². The van der Waals surface area contributed by atoms with E-state index in [2.05, 4.69) is 20.6 Å². The molecule has 0 fully saturated rings. The van der Waals surface area contributed by atoms with Gasteiger partial charge in [0, 0.05) is 18.6 Å². The zero-order valence-electron chi connectivity index (χ0n) is 13.5. The van der Waals surface area contributed by atoms with Gasteiger partial charge in [0.05, 0.1) is 12.2 Å². The number of phenolic OH excluding ortho intramolecular Hbond substituents is 1. The molecule has 0 aliphatic rings. The normalized spacial score (nSPS) is 10.9. The first-order chi connectivity index (χ1) is 11.1. The molecule has 0 saturated heterocycles. The Morgan fingerprint density at radius 3 is 2.83 bits per heavy atom. The summed E-state index contributed by atoms with van der Waals surface area (Å²) in [4.78, 5) is 11.5. The fourth-order valence-electron chi connectivity index (χ4n) is 2.43. The minimum absolute atomic E-state index is 0.0900. The number of benzene rings is 1. The maximum atomic E-state index is 11.5. The van der Waals surface area contributed by atoms with Crippen LogP contribution < -0.4 is 0 Å². The molecule has 7 heteroatoms. The van der Waals surface area contributed by atoms with Gasteiger partial charge in [-0.1, -0.05) is 24.6 Å². The maximum absolute atomic E-state index is 11.5. The highest BCUT2D eigenvalue weighted by molar-refractivity contribution is 5.97. The number of hydrogen-bond acceptors (Lipinski definition) is 6. The number of carbonyl (C=O) groups is 1. The number of aromatic nitrogens is 4. The number of aromatic hydroxyl groups is 1. The third-order valence-corrected chi connectivity index (χ3v) is 3.59. The van der Waals surface area contributed by atoms with Crippen LogP contribution in [0.25, 0.3) is 0 Å². The number of ketones is 1. The van der Waals surface area contributed by atoms with E-state index in [1.165, 1.54) is 6.92 Å². The Morgan fingerprint density at radius 2 is 2.17 bits per heavy atom. The number of nitrogens with one attached hydrogen (secondary N) is 1. The number of nitrogens with zero attached hydrogens (tertiary/aromatic N) is 3. The minimum atomic E-state index is -0.132. The van der Waals surface area contributed by atoms with Crippen molar-refractivity contribution in [2.75, 3.05) is 6.61 Å². The van der Waals surface area contributed by atoms with E-state index in [1.807, 2.05) is 13.0 Å². The maximum Gasteiger partial charge on any atom is 0.174 e. The molecule has 7 nitrogen and oxygen atoms in total. The fourth-order valence-corrected chi connectivity index (χ4v) is 2.43. The number of tetrazole rings is 1. The molecule has 2 aromatic rings. The summed E-state index contributed by atoms with van der Waals surface area (Å²) in [5.74, 6) is 0.628. The molecule has 0 spiro atoms. The molecule has 0 unspecified atom stereocenters. The third kappa shape index (κ3) is 4.59. The lowest BCUT2D eigenvalue weighted by Gasteiger charge is -2.13. The van der Waals surface area contributed by atoms with Crippen LogP contribution in [0.5, 0.6) is 5.75 Å². The van der Waals surface area contributed by atoms with Gasteiger partial charge >= 0.3 is 0 Å². The number of rotatable bonds is 9. The highest BCUT2D eigenvalue weighted by atomic mass is 16.5. The molecule has 1 heterocycles. The molecule has 124 valence electrons. The molecule has 0 amide bonds. The van der Waals surface area contributed by atoms with Gasteiger partial charge in [0.2, 0.25) is 0 Å². The Labute approximate surface area is 135 Å². The molecule has 2 rings (SSSR count). The van der Waals surface area contributed by atoms with Crippen LogP contribution >= 0.6 is 0 Å². The summed E-state index contributed by atoms with van der Waals surface area (Å²) in [5.41, 5.74) is 2.10. The lowest BCUT2D eigenvalue weighted by Crippen LogP contribution is -2.04. The molecule has 0 radical (unpaired) electrons. The van der Waals surface area contributed by atoms with Crippen LogP contribution in [0.4, 0.5) is 0 Å². The number of Topliss-reactive ketones (excluding diaryl/α,β-unsaturated/α-hetero) is 1. The average Bonchev–Trinajstić information content (AvgIpc) is 3.03. The summed E-state index contributed by atoms with van der Waals surface area (Å²) in [6, 6.07) is 3.52. The van der Waals surface area contributed by atoms with Crippen molar-refractivity contribution >= 4 is 5.78 Å². The Balaban J connectivity index is 1.93. The molecule has 1 aromatic carbocycles. The first-order valence-electron chi connectivity index (χ1n) is 7.78. The predicted molar refractivity (Wildman–Crippen MR) is 84.3 cm³/mol.